The maximum atomic E-state index is 13.4. The molecule has 8 aliphatic heterocycles. The normalized spacial score (nSPS) is 20.9. The van der Waals surface area contributed by atoms with Crippen LogP contribution in [0.4, 0.5) is 73.6 Å². The first-order chi connectivity index (χ1) is 49.2. The Bertz CT molecular complexity index is 3760. The van der Waals surface area contributed by atoms with Crippen LogP contribution < -0.4 is 20.0 Å². The number of alkyl halides is 9. The lowest BCUT2D eigenvalue weighted by Crippen LogP contribution is -2.49. The minimum atomic E-state index is -4.37. The number of carbonyl (C=O) groups is 1. The quantitative estimate of drug-likeness (QED) is 0.0556. The van der Waals surface area contributed by atoms with Gasteiger partial charge in [-0.2, -0.15) is 39.5 Å². The number of aliphatic hydroxyl groups is 2. The summed E-state index contributed by atoms with van der Waals surface area (Å²) in [6, 6.07) is 35.9. The molecule has 1 unspecified atom stereocenters. The number of hydrogen-bond acceptors (Lipinski definition) is 19. The van der Waals surface area contributed by atoms with E-state index >= 15 is 0 Å². The molecule has 0 aromatic heterocycles. The molecule has 0 saturated carbocycles. The molecule has 0 spiro atoms. The van der Waals surface area contributed by atoms with Crippen LogP contribution in [0.5, 0.6) is 0 Å². The predicted octanol–water partition coefficient (Wildman–Crippen LogP) is 14.1. The van der Waals surface area contributed by atoms with Gasteiger partial charge in [-0.15, -0.1) is 0 Å². The summed E-state index contributed by atoms with van der Waals surface area (Å²) in [6.45, 7) is 25.8. The van der Waals surface area contributed by atoms with Crippen molar-refractivity contribution in [1.29, 1.82) is 0 Å². The molecule has 16 nitrogen and oxygen atoms in total. The number of nitrogens with one attached hydrogen (secondary N) is 1. The van der Waals surface area contributed by atoms with Crippen molar-refractivity contribution < 1.29 is 73.5 Å². The average molecular weight is 1500 g/mol. The van der Waals surface area contributed by atoms with Crippen molar-refractivity contribution in [3.63, 3.8) is 0 Å². The van der Waals surface area contributed by atoms with Gasteiger partial charge in [-0.25, -0.2) is 0 Å². The summed E-state index contributed by atoms with van der Waals surface area (Å²) in [5.74, 6) is -1.05. The fraction of sp³-hybridized carbons (Fsp3) is 0.507. The van der Waals surface area contributed by atoms with Crippen molar-refractivity contribution in [2.24, 2.45) is 0 Å². The summed E-state index contributed by atoms with van der Waals surface area (Å²) >= 11 is 4.59. The topological polar surface area (TPSA) is 132 Å². The van der Waals surface area contributed by atoms with Crippen molar-refractivity contribution in [1.82, 2.24) is 29.8 Å². The number of piperazine rings is 3. The molecule has 103 heavy (non-hydrogen) atoms. The minimum Gasteiger partial charge on any atom is -0.394 e. The molecule has 0 amide bonds. The zero-order valence-electron chi connectivity index (χ0n) is 58.5. The van der Waals surface area contributed by atoms with Crippen LogP contribution in [0.2, 0.25) is 0 Å². The first-order valence-electron chi connectivity index (χ1n) is 35.2. The molecular weight excluding hydrogens is 1410 g/mol. The molecule has 8 heterocycles. The van der Waals surface area contributed by atoms with Gasteiger partial charge in [0.05, 0.1) is 82.8 Å². The molecule has 6 aromatic carbocycles. The second-order valence-corrected chi connectivity index (χ2v) is 30.7. The highest BCUT2D eigenvalue weighted by molar-refractivity contribution is 8.00. The SMILES string of the molecule is CC1(C)OCC(CN2CCN(CCCN3c4ccccc4Sc4ccc(C(F)(F)F)cc43)CC2)O1.CC1(C)OC[C@H](C=O)O1.FC(F)(F)c1ccc2c(c1)N(CCCN1CCNCC1)c1ccccc1S2.OC[C@@H](O)CN1CCN(CCCN2c3ccccc3Sc3ccc(C(F)(F)F)cc32)CC1. The summed E-state index contributed by atoms with van der Waals surface area (Å²) in [7, 11) is 0. The fourth-order valence-electron chi connectivity index (χ4n) is 13.7. The third-order valence-corrected chi connectivity index (χ3v) is 22.3. The van der Waals surface area contributed by atoms with Crippen molar-refractivity contribution in [3.05, 3.63) is 144 Å². The van der Waals surface area contributed by atoms with Crippen LogP contribution in [0, 0.1) is 0 Å². The van der Waals surface area contributed by atoms with Crippen LogP contribution >= 0.6 is 35.3 Å². The largest absolute Gasteiger partial charge is 0.416 e. The number of halogens is 9. The second-order valence-electron chi connectivity index (χ2n) is 27.4. The fourth-order valence-corrected chi connectivity index (χ4v) is 16.9. The van der Waals surface area contributed by atoms with Crippen molar-refractivity contribution >= 4 is 75.7 Å². The van der Waals surface area contributed by atoms with E-state index in [1.807, 2.05) is 91.5 Å². The van der Waals surface area contributed by atoms with Crippen LogP contribution in [0.25, 0.3) is 0 Å². The van der Waals surface area contributed by atoms with E-state index < -0.39 is 52.9 Å². The lowest BCUT2D eigenvalue weighted by Gasteiger charge is -2.37. The van der Waals surface area contributed by atoms with E-state index in [9.17, 15) is 49.4 Å². The lowest BCUT2D eigenvalue weighted by atomic mass is 10.1. The zero-order chi connectivity index (χ0) is 73.1. The number of fused-ring (bicyclic) bond motifs is 6. The summed E-state index contributed by atoms with van der Waals surface area (Å²) < 4.78 is 142. The molecule has 28 heteroatoms. The second kappa shape index (κ2) is 34.9. The molecule has 5 fully saturated rings. The number of benzene rings is 6. The monoisotopic (exact) mass is 1500 g/mol. The maximum absolute atomic E-state index is 13.4. The number of β-amino-alcohol motifs (C(OH)–C–C–N with tert-alkyl or cyclic N) is 1. The molecule has 560 valence electrons. The molecule has 0 bridgehead atoms. The summed E-state index contributed by atoms with van der Waals surface area (Å²) in [6.07, 6.45) is -10.6. The molecule has 0 radical (unpaired) electrons. The van der Waals surface area contributed by atoms with E-state index in [1.54, 1.807) is 32.0 Å². The third kappa shape index (κ3) is 21.4. The Kier molecular flexibility index (Phi) is 26.6. The minimum absolute atomic E-state index is 0.121. The van der Waals surface area contributed by atoms with E-state index in [-0.39, 0.29) is 18.8 Å². The summed E-state index contributed by atoms with van der Waals surface area (Å²) in [4.78, 5) is 33.8. The predicted molar refractivity (Wildman–Crippen MR) is 385 cm³/mol. The van der Waals surface area contributed by atoms with Crippen LogP contribution in [0.3, 0.4) is 0 Å². The number of aldehydes is 1. The van der Waals surface area contributed by atoms with E-state index in [1.165, 1.54) is 65.6 Å². The van der Waals surface area contributed by atoms with Crippen LogP contribution in [0.15, 0.2) is 157 Å². The Labute approximate surface area is 610 Å². The first-order valence-corrected chi connectivity index (χ1v) is 37.6. The molecular formula is C75H92F9N9O7S3. The van der Waals surface area contributed by atoms with Gasteiger partial charge in [0, 0.05) is 141 Å². The molecule has 0 aliphatic carbocycles. The molecule has 5 saturated heterocycles. The Morgan fingerprint density at radius 2 is 0.816 bits per heavy atom. The van der Waals surface area contributed by atoms with E-state index in [2.05, 4.69) is 39.6 Å². The van der Waals surface area contributed by atoms with Gasteiger partial charge in [0.25, 0.3) is 0 Å². The highest BCUT2D eigenvalue weighted by Gasteiger charge is 2.39. The van der Waals surface area contributed by atoms with Crippen molar-refractivity contribution in [2.45, 2.75) is 125 Å². The highest BCUT2D eigenvalue weighted by atomic mass is 32.2. The summed E-state index contributed by atoms with van der Waals surface area (Å²) in [5, 5.41) is 22.0. The molecule has 3 N–H and O–H groups in total. The smallest absolute Gasteiger partial charge is 0.394 e. The zero-order valence-corrected chi connectivity index (χ0v) is 60.9. The number of ether oxygens (including phenoxy) is 4. The van der Waals surface area contributed by atoms with E-state index in [4.69, 9.17) is 24.1 Å². The average Bonchev–Trinajstić information content (AvgIpc) is 1.32. The van der Waals surface area contributed by atoms with Gasteiger partial charge in [-0.1, -0.05) is 71.7 Å². The van der Waals surface area contributed by atoms with Gasteiger partial charge in [0.1, 0.15) is 6.10 Å². The number of para-hydroxylation sites is 3. The highest BCUT2D eigenvalue weighted by Crippen LogP contribution is 2.53. The van der Waals surface area contributed by atoms with E-state index in [0.717, 1.165) is 183 Å². The van der Waals surface area contributed by atoms with Gasteiger partial charge in [-0.05, 0) is 158 Å². The summed E-state index contributed by atoms with van der Waals surface area (Å²) in [5.41, 5.74) is 3.04. The number of aliphatic hydroxyl groups excluding tert-OH is 2. The Hall–Kier alpha value is -5.67. The number of hydrogen-bond donors (Lipinski definition) is 3. The molecule has 3 atom stereocenters. The van der Waals surface area contributed by atoms with Crippen LogP contribution in [-0.4, -0.2) is 222 Å². The van der Waals surface area contributed by atoms with Gasteiger partial charge in [0.15, 0.2) is 17.9 Å². The van der Waals surface area contributed by atoms with Gasteiger partial charge in [0.2, 0.25) is 0 Å². The first kappa shape index (κ1) is 78.4. The number of carbonyl (C=O) groups excluding carboxylic acids is 1. The number of nitrogens with zero attached hydrogens (tertiary/aromatic N) is 8. The number of anilines is 6. The van der Waals surface area contributed by atoms with Crippen molar-refractivity contribution in [2.75, 3.05) is 165 Å². The molecule has 8 aliphatic rings. The Morgan fingerprint density at radius 3 is 1.16 bits per heavy atom. The Balaban J connectivity index is 0.000000147. The lowest BCUT2D eigenvalue weighted by molar-refractivity contribution is -0.145. The van der Waals surface area contributed by atoms with Gasteiger partial charge < -0.3 is 68.7 Å². The van der Waals surface area contributed by atoms with Gasteiger partial charge >= 0.3 is 18.5 Å². The molecule has 14 rings (SSSR count). The molecule has 6 aromatic rings. The van der Waals surface area contributed by atoms with Gasteiger partial charge in [-0.3, -0.25) is 9.80 Å². The van der Waals surface area contributed by atoms with Crippen LogP contribution in [-0.2, 0) is 42.3 Å². The van der Waals surface area contributed by atoms with Crippen LogP contribution in [0.1, 0.15) is 63.6 Å². The van der Waals surface area contributed by atoms with Crippen molar-refractivity contribution in [3.8, 4) is 0 Å². The number of rotatable bonds is 18. The maximum Gasteiger partial charge on any atom is 0.416 e. The van der Waals surface area contributed by atoms with E-state index in [0.29, 0.717) is 56.5 Å². The third-order valence-electron chi connectivity index (χ3n) is 19.0. The Morgan fingerprint density at radius 1 is 0.466 bits per heavy atom. The standard InChI is InChI=1S/C26H32F3N3O2S.C23H28F3N3O2S.C20H22F3N3S.C6H10O3/c1-25(2)33-18-20(34-25)17-31-14-12-30(13-15-31)10-5-11-32-21-6-3-4-7-23(21)35-24-9-8-19(16-22(24)32)26(27,28)29;24-23(25,26)17-6-7-22-20(14-17)29(19-4-1-2-5-21(19)32-22)9-3-8-27-10-12-28(13-11-27)15-18(31)16-30;21-20(22,23)15-6-7-19-17(14-15)26(16-4-1-2-5-18(16)27-19)11-3-10-25-12-8-24-9-13-25;1-6(2)8-4-5(3-7)9-6/h3-4,6-9,16,20H,5,10-15,17-18H2,1-2H3;1-2,4-7,14,18,30-31H,3,8-13,15-16H2;1-2,4-7,14,24H,3,8-13H2;3,5H,4H2,1-2H3/t;18-;;5-/m.0.0/s1.